The van der Waals surface area contributed by atoms with E-state index in [2.05, 4.69) is 10.3 Å². The SMILES string of the molecule is Cc1nc(C#N)c(NCc2ccc(F)cc2)o1. The third-order valence-electron chi connectivity index (χ3n) is 2.21. The summed E-state index contributed by atoms with van der Waals surface area (Å²) in [5.74, 6) is 0.499. The molecule has 4 nitrogen and oxygen atoms in total. The number of halogens is 1. The maximum atomic E-state index is 12.7. The number of nitriles is 1. The minimum Gasteiger partial charge on any atom is -0.424 e. The number of nitrogens with zero attached hydrogens (tertiary/aromatic N) is 2. The molecule has 0 spiro atoms. The Labute approximate surface area is 97.7 Å². The van der Waals surface area contributed by atoms with E-state index in [1.807, 2.05) is 6.07 Å². The molecule has 5 heteroatoms. The van der Waals surface area contributed by atoms with Gasteiger partial charge in [0, 0.05) is 13.5 Å². The van der Waals surface area contributed by atoms with Crippen molar-refractivity contribution in [1.29, 1.82) is 5.26 Å². The number of oxazole rings is 1. The molecule has 1 N–H and O–H groups in total. The average Bonchev–Trinajstić information content (AvgIpc) is 2.69. The lowest BCUT2D eigenvalue weighted by atomic mass is 10.2. The Morgan fingerprint density at radius 3 is 2.76 bits per heavy atom. The number of benzene rings is 1. The Kier molecular flexibility index (Phi) is 3.06. The number of hydrogen-bond donors (Lipinski definition) is 1. The van der Waals surface area contributed by atoms with Crippen molar-refractivity contribution in [3.8, 4) is 6.07 Å². The van der Waals surface area contributed by atoms with E-state index in [9.17, 15) is 4.39 Å². The third kappa shape index (κ3) is 2.61. The van der Waals surface area contributed by atoms with Crippen molar-refractivity contribution < 1.29 is 8.81 Å². The molecule has 0 saturated carbocycles. The highest BCUT2D eigenvalue weighted by Crippen LogP contribution is 2.16. The van der Waals surface area contributed by atoms with Gasteiger partial charge in [0.15, 0.2) is 5.89 Å². The second kappa shape index (κ2) is 4.66. The number of rotatable bonds is 3. The zero-order valence-corrected chi connectivity index (χ0v) is 9.20. The van der Waals surface area contributed by atoms with Crippen LogP contribution in [0.5, 0.6) is 0 Å². The summed E-state index contributed by atoms with van der Waals surface area (Å²) >= 11 is 0. The van der Waals surface area contributed by atoms with E-state index in [-0.39, 0.29) is 11.5 Å². The lowest BCUT2D eigenvalue weighted by Crippen LogP contribution is -1.99. The van der Waals surface area contributed by atoms with E-state index in [0.29, 0.717) is 18.3 Å². The second-order valence-electron chi connectivity index (χ2n) is 3.50. The number of nitrogens with one attached hydrogen (secondary N) is 1. The normalized spacial score (nSPS) is 9.94. The van der Waals surface area contributed by atoms with Gasteiger partial charge in [-0.15, -0.1) is 0 Å². The maximum absolute atomic E-state index is 12.7. The van der Waals surface area contributed by atoms with Crippen LogP contribution >= 0.6 is 0 Å². The van der Waals surface area contributed by atoms with Crippen molar-refractivity contribution in [2.45, 2.75) is 13.5 Å². The smallest absolute Gasteiger partial charge is 0.232 e. The van der Waals surface area contributed by atoms with Crippen molar-refractivity contribution in [2.75, 3.05) is 5.32 Å². The van der Waals surface area contributed by atoms with Crippen molar-refractivity contribution >= 4 is 5.88 Å². The summed E-state index contributed by atoms with van der Waals surface area (Å²) in [4.78, 5) is 3.91. The predicted molar refractivity (Wildman–Crippen MR) is 59.7 cm³/mol. The van der Waals surface area contributed by atoms with Crippen molar-refractivity contribution in [3.05, 3.63) is 47.2 Å². The summed E-state index contributed by atoms with van der Waals surface area (Å²) in [5, 5.41) is 11.7. The van der Waals surface area contributed by atoms with E-state index < -0.39 is 0 Å². The van der Waals surface area contributed by atoms with Crippen LogP contribution < -0.4 is 5.32 Å². The van der Waals surface area contributed by atoms with Crippen LogP contribution in [-0.4, -0.2) is 4.98 Å². The van der Waals surface area contributed by atoms with E-state index >= 15 is 0 Å². The molecular formula is C12H10FN3O. The lowest BCUT2D eigenvalue weighted by Gasteiger charge is -2.02. The highest BCUT2D eigenvalue weighted by molar-refractivity contribution is 5.45. The van der Waals surface area contributed by atoms with E-state index in [0.717, 1.165) is 5.56 Å². The fourth-order valence-corrected chi connectivity index (χ4v) is 1.41. The molecule has 0 unspecified atom stereocenters. The highest BCUT2D eigenvalue weighted by atomic mass is 19.1. The minimum absolute atomic E-state index is 0.226. The molecule has 0 fully saturated rings. The fraction of sp³-hybridized carbons (Fsp3) is 0.167. The molecule has 0 bridgehead atoms. The fourth-order valence-electron chi connectivity index (χ4n) is 1.41. The van der Waals surface area contributed by atoms with E-state index in [1.165, 1.54) is 12.1 Å². The first-order valence-electron chi connectivity index (χ1n) is 5.05. The van der Waals surface area contributed by atoms with E-state index in [1.54, 1.807) is 19.1 Å². The van der Waals surface area contributed by atoms with Gasteiger partial charge < -0.3 is 9.73 Å². The Morgan fingerprint density at radius 2 is 2.12 bits per heavy atom. The second-order valence-corrected chi connectivity index (χ2v) is 3.50. The van der Waals surface area contributed by atoms with Crippen molar-refractivity contribution in [1.82, 2.24) is 4.98 Å². The number of aromatic nitrogens is 1. The zero-order chi connectivity index (χ0) is 12.3. The molecule has 1 aromatic carbocycles. The molecule has 2 rings (SSSR count). The Hall–Kier alpha value is -2.35. The first-order valence-corrected chi connectivity index (χ1v) is 5.05. The average molecular weight is 231 g/mol. The minimum atomic E-state index is -0.276. The van der Waals surface area contributed by atoms with Crippen LogP contribution in [0.4, 0.5) is 10.3 Å². The molecule has 0 saturated heterocycles. The number of hydrogen-bond acceptors (Lipinski definition) is 4. The van der Waals surface area contributed by atoms with Gasteiger partial charge >= 0.3 is 0 Å². The summed E-state index contributed by atoms with van der Waals surface area (Å²) in [6.45, 7) is 2.12. The van der Waals surface area contributed by atoms with Gasteiger partial charge in [0.05, 0.1) is 0 Å². The van der Waals surface area contributed by atoms with Crippen LogP contribution in [-0.2, 0) is 6.54 Å². The van der Waals surface area contributed by atoms with E-state index in [4.69, 9.17) is 9.68 Å². The molecule has 0 radical (unpaired) electrons. The number of aryl methyl sites for hydroxylation is 1. The number of anilines is 1. The first-order chi connectivity index (χ1) is 8.19. The molecule has 1 heterocycles. The van der Waals surface area contributed by atoms with Gasteiger partial charge in [-0.1, -0.05) is 12.1 Å². The third-order valence-corrected chi connectivity index (χ3v) is 2.21. The van der Waals surface area contributed by atoms with Crippen LogP contribution in [0.3, 0.4) is 0 Å². The molecular weight excluding hydrogens is 221 g/mol. The van der Waals surface area contributed by atoms with Gasteiger partial charge in [-0.05, 0) is 17.7 Å². The van der Waals surface area contributed by atoms with Gasteiger partial charge in [-0.25, -0.2) is 9.37 Å². The van der Waals surface area contributed by atoms with Crippen molar-refractivity contribution in [3.63, 3.8) is 0 Å². The highest BCUT2D eigenvalue weighted by Gasteiger charge is 2.09. The topological polar surface area (TPSA) is 61.9 Å². The predicted octanol–water partition coefficient (Wildman–Crippen LogP) is 2.61. The van der Waals surface area contributed by atoms with Gasteiger partial charge in [-0.3, -0.25) is 0 Å². The quantitative estimate of drug-likeness (QED) is 0.881. The lowest BCUT2D eigenvalue weighted by molar-refractivity contribution is 0.532. The van der Waals surface area contributed by atoms with Crippen LogP contribution in [0.15, 0.2) is 28.7 Å². The standard InChI is InChI=1S/C12H10FN3O/c1-8-16-11(6-14)12(17-8)15-7-9-2-4-10(13)5-3-9/h2-5,15H,7H2,1H3. The summed E-state index contributed by atoms with van der Waals surface area (Å²) in [6, 6.07) is 8.03. The molecule has 2 aromatic rings. The molecule has 0 atom stereocenters. The van der Waals surface area contributed by atoms with Gasteiger partial charge in [0.25, 0.3) is 0 Å². The zero-order valence-electron chi connectivity index (χ0n) is 9.20. The first kappa shape index (κ1) is 11.1. The van der Waals surface area contributed by atoms with Crippen LogP contribution in [0.25, 0.3) is 0 Å². The van der Waals surface area contributed by atoms with Crippen LogP contribution in [0, 0.1) is 24.1 Å². The molecule has 0 aliphatic heterocycles. The monoisotopic (exact) mass is 231 g/mol. The summed E-state index contributed by atoms with van der Waals surface area (Å²) in [6.07, 6.45) is 0. The van der Waals surface area contributed by atoms with Crippen LogP contribution in [0.1, 0.15) is 17.1 Å². The van der Waals surface area contributed by atoms with Gasteiger partial charge in [0.1, 0.15) is 11.9 Å². The molecule has 0 aliphatic carbocycles. The molecule has 86 valence electrons. The Balaban J connectivity index is 2.07. The Bertz CT molecular complexity index is 554. The molecule has 1 aromatic heterocycles. The van der Waals surface area contributed by atoms with Crippen LogP contribution in [0.2, 0.25) is 0 Å². The summed E-state index contributed by atoms with van der Waals surface area (Å²) in [7, 11) is 0. The summed E-state index contributed by atoms with van der Waals surface area (Å²) < 4.78 is 17.9. The summed E-state index contributed by atoms with van der Waals surface area (Å²) in [5.41, 5.74) is 1.12. The molecule has 17 heavy (non-hydrogen) atoms. The molecule has 0 amide bonds. The van der Waals surface area contributed by atoms with Gasteiger partial charge in [-0.2, -0.15) is 5.26 Å². The van der Waals surface area contributed by atoms with Gasteiger partial charge in [0.2, 0.25) is 11.6 Å². The molecule has 0 aliphatic rings. The van der Waals surface area contributed by atoms with Crippen molar-refractivity contribution in [2.24, 2.45) is 0 Å². The Morgan fingerprint density at radius 1 is 1.41 bits per heavy atom. The maximum Gasteiger partial charge on any atom is 0.232 e. The largest absolute Gasteiger partial charge is 0.424 e.